The van der Waals surface area contributed by atoms with Crippen molar-refractivity contribution in [2.45, 2.75) is 34.5 Å². The van der Waals surface area contributed by atoms with Crippen LogP contribution in [0, 0.1) is 0 Å². The molecule has 0 saturated carbocycles. The Morgan fingerprint density at radius 3 is 0.889 bits per heavy atom. The third-order valence-corrected chi connectivity index (χ3v) is 85.9. The molecule has 0 aromatic carbocycles. The van der Waals surface area contributed by atoms with Gasteiger partial charge in [-0.15, -0.1) is 0 Å². The Bertz CT molecular complexity index is 76.2. The van der Waals surface area contributed by atoms with E-state index in [0.717, 1.165) is 11.1 Å². The molecule has 0 fully saturated rings. The Morgan fingerprint density at radius 1 is 0.667 bits per heavy atom. The summed E-state index contributed by atoms with van der Waals surface area (Å²) >= 11 is -1.06. The first-order valence-corrected chi connectivity index (χ1v) is 26.6. The molecule has 0 aliphatic heterocycles. The van der Waals surface area contributed by atoms with Gasteiger partial charge in [-0.3, -0.25) is 0 Å². The van der Waals surface area contributed by atoms with Gasteiger partial charge < -0.3 is 0 Å². The molecule has 0 atom stereocenters. The van der Waals surface area contributed by atoms with E-state index in [1.807, 2.05) is 0 Å². The topological polar surface area (TPSA) is 0 Å². The molecule has 0 spiro atoms. The number of rotatable bonds is 2. The van der Waals surface area contributed by atoms with E-state index in [-0.39, 0.29) is 0 Å². The Kier molecular flexibility index (Phi) is 3.93. The van der Waals surface area contributed by atoms with Crippen molar-refractivity contribution in [1.29, 1.82) is 0 Å². The molecule has 0 unspecified atom stereocenters. The van der Waals surface area contributed by atoms with Gasteiger partial charge in [0.05, 0.1) is 0 Å². The monoisotopic (exact) mass is 318 g/mol. The molecule has 0 N–H and O–H groups in total. The van der Waals surface area contributed by atoms with Crippen LogP contribution in [0.4, 0.5) is 0 Å². The summed E-state index contributed by atoms with van der Waals surface area (Å²) in [5.41, 5.74) is 0. The minimum absolute atomic E-state index is 1.09. The molecule has 0 heterocycles. The van der Waals surface area contributed by atoms with Gasteiger partial charge in [0.1, 0.15) is 0 Å². The van der Waals surface area contributed by atoms with Crippen molar-refractivity contribution in [2.24, 2.45) is 0 Å². The van der Waals surface area contributed by atoms with Crippen molar-refractivity contribution in [3.8, 4) is 0 Å². The molecule has 0 aromatic heterocycles. The molecule has 0 saturated heterocycles. The van der Waals surface area contributed by atoms with E-state index in [4.69, 9.17) is 0 Å². The predicted molar refractivity (Wildman–Crippen MR) is 52.4 cm³/mol. The predicted octanol–water partition coefficient (Wildman–Crippen LogP) is 2.36. The molecular formula is C6H18Ge2Se. The number of hydrogen-bond donors (Lipinski definition) is 0. The fraction of sp³-hybridized carbons (Fsp3) is 1.00. The summed E-state index contributed by atoms with van der Waals surface area (Å²) in [5.74, 6) is 15.3. The third-order valence-electron chi connectivity index (χ3n) is 0.612. The van der Waals surface area contributed by atoms with Crippen LogP contribution in [0.25, 0.3) is 0 Å². The Morgan fingerprint density at radius 2 is 0.889 bits per heavy atom. The second-order valence-electron chi connectivity index (χ2n) is 4.33. The van der Waals surface area contributed by atoms with E-state index in [1.165, 1.54) is 0 Å². The second-order valence-corrected chi connectivity index (χ2v) is 63.0. The second kappa shape index (κ2) is 3.33. The van der Waals surface area contributed by atoms with Crippen LogP contribution < -0.4 is 0 Å². The van der Waals surface area contributed by atoms with E-state index in [1.54, 1.807) is 0 Å². The average molecular weight is 314 g/mol. The standard InChI is InChI=1S/C6H18Ge2Se/c1-7(2,3)9-8(4,5)6/h1-6H3. The van der Waals surface area contributed by atoms with Crippen molar-refractivity contribution in [1.82, 2.24) is 0 Å². The van der Waals surface area contributed by atoms with Crippen LogP contribution in [0.1, 0.15) is 0 Å². The maximum absolute atomic E-state index is 2.55. The zero-order valence-corrected chi connectivity index (χ0v) is 13.3. The minimum atomic E-state index is -1.09. The zero-order valence-electron chi connectivity index (χ0n) is 7.41. The van der Waals surface area contributed by atoms with Gasteiger partial charge in [-0.25, -0.2) is 0 Å². The molecule has 56 valence electrons. The first-order chi connectivity index (χ1) is 3.71. The summed E-state index contributed by atoms with van der Waals surface area (Å²) in [6.45, 7) is 0. The summed E-state index contributed by atoms with van der Waals surface area (Å²) in [5, 5.41) is 0. The van der Waals surface area contributed by atoms with Gasteiger partial charge in [-0.1, -0.05) is 0 Å². The van der Waals surface area contributed by atoms with Gasteiger partial charge in [0.25, 0.3) is 0 Å². The zero-order chi connectivity index (χ0) is 7.71. The Labute approximate surface area is 68.0 Å². The van der Waals surface area contributed by atoms with Crippen molar-refractivity contribution < 1.29 is 0 Å². The van der Waals surface area contributed by atoms with Crippen molar-refractivity contribution in [3.05, 3.63) is 0 Å². The maximum atomic E-state index is 2.55. The van der Waals surface area contributed by atoms with Crippen LogP contribution in [-0.4, -0.2) is 33.9 Å². The molecule has 0 aliphatic carbocycles. The summed E-state index contributed by atoms with van der Waals surface area (Å²) in [7, 11) is 0. The van der Waals surface area contributed by atoms with Gasteiger partial charge in [0.2, 0.25) is 0 Å². The van der Waals surface area contributed by atoms with Crippen LogP contribution in [0.2, 0.25) is 34.5 Å². The van der Waals surface area contributed by atoms with Gasteiger partial charge in [0.15, 0.2) is 0 Å². The molecule has 0 aromatic rings. The average Bonchev–Trinajstić information content (AvgIpc) is 1.14. The summed E-state index contributed by atoms with van der Waals surface area (Å²) in [6, 6.07) is 0. The molecule has 0 amide bonds. The van der Waals surface area contributed by atoms with Gasteiger partial charge in [0, 0.05) is 0 Å². The van der Waals surface area contributed by atoms with Crippen LogP contribution in [0.5, 0.6) is 0 Å². The quantitative estimate of drug-likeness (QED) is 0.687. The molecule has 0 rings (SSSR count). The summed E-state index contributed by atoms with van der Waals surface area (Å²) in [6.07, 6.45) is 0. The summed E-state index contributed by atoms with van der Waals surface area (Å²) in [4.78, 5) is 0. The van der Waals surface area contributed by atoms with E-state index in [0.29, 0.717) is 0 Å². The SMILES string of the molecule is [CH3][Ge]([CH3])([CH3])[Se][Ge]([CH3])([CH3])[CH3]. The molecule has 9 heavy (non-hydrogen) atoms. The normalized spacial score (nSPS) is 14.0. The molecule has 3 heteroatoms. The fourth-order valence-electron chi connectivity index (χ4n) is 0.919. The molecule has 0 nitrogen and oxygen atoms in total. The summed E-state index contributed by atoms with van der Waals surface area (Å²) < 4.78 is 0. The molecular weight excluding hydrogens is 296 g/mol. The fourth-order valence-corrected chi connectivity index (χ4v) is 129. The van der Waals surface area contributed by atoms with Gasteiger partial charge >= 0.3 is 68.4 Å². The van der Waals surface area contributed by atoms with Crippen molar-refractivity contribution in [3.63, 3.8) is 0 Å². The van der Waals surface area contributed by atoms with Crippen molar-refractivity contribution >= 4 is 33.9 Å². The first-order valence-electron chi connectivity index (χ1n) is 3.41. The van der Waals surface area contributed by atoms with Crippen LogP contribution in [-0.2, 0) is 0 Å². The Balaban J connectivity index is 3.75. The molecule has 0 bridgehead atoms. The van der Waals surface area contributed by atoms with Gasteiger partial charge in [-0.05, 0) is 0 Å². The van der Waals surface area contributed by atoms with Crippen LogP contribution in [0.3, 0.4) is 0 Å². The number of hydrogen-bond acceptors (Lipinski definition) is 0. The third kappa shape index (κ3) is 9.61. The Hall–Kier alpha value is 1.61. The van der Waals surface area contributed by atoms with Gasteiger partial charge in [-0.2, -0.15) is 0 Å². The van der Waals surface area contributed by atoms with E-state index in [2.05, 4.69) is 34.5 Å². The molecule has 0 aliphatic rings. The first kappa shape index (κ1) is 10.6. The van der Waals surface area contributed by atoms with Crippen LogP contribution in [0.15, 0.2) is 0 Å². The van der Waals surface area contributed by atoms with E-state index < -0.39 is 22.8 Å². The van der Waals surface area contributed by atoms with E-state index >= 15 is 0 Å². The van der Waals surface area contributed by atoms with Crippen molar-refractivity contribution in [2.75, 3.05) is 0 Å². The molecule has 0 radical (unpaired) electrons. The van der Waals surface area contributed by atoms with E-state index in [9.17, 15) is 0 Å². The van der Waals surface area contributed by atoms with Crippen LogP contribution >= 0.6 is 0 Å².